The first-order chi connectivity index (χ1) is 12.6. The van der Waals surface area contributed by atoms with E-state index in [1.54, 1.807) is 13.4 Å². The summed E-state index contributed by atoms with van der Waals surface area (Å²) >= 11 is 0. The van der Waals surface area contributed by atoms with Gasteiger partial charge in [0.1, 0.15) is 23.9 Å². The van der Waals surface area contributed by atoms with Crippen molar-refractivity contribution in [3.8, 4) is 0 Å². The Hall–Kier alpha value is -2.64. The van der Waals surface area contributed by atoms with Crippen LogP contribution in [0.1, 0.15) is 67.1 Å². The van der Waals surface area contributed by atoms with Gasteiger partial charge in [0.05, 0.1) is 11.7 Å². The third kappa shape index (κ3) is 3.11. The van der Waals surface area contributed by atoms with Crippen LogP contribution in [-0.4, -0.2) is 33.6 Å². The molecule has 0 aromatic carbocycles. The summed E-state index contributed by atoms with van der Waals surface area (Å²) in [5, 5.41) is 7.14. The Labute approximate surface area is 151 Å². The Morgan fingerprint density at radius 2 is 2.04 bits per heavy atom. The van der Waals surface area contributed by atoms with Crippen molar-refractivity contribution in [3.63, 3.8) is 0 Å². The van der Waals surface area contributed by atoms with E-state index in [-0.39, 0.29) is 17.8 Å². The molecule has 1 saturated carbocycles. The fraction of sp³-hybridized carbons (Fsp3) is 0.556. The average molecular weight is 357 g/mol. The molecular formula is C18H23N5O3. The number of hydrogen-bond acceptors (Lipinski definition) is 5. The molecule has 1 aliphatic heterocycles. The number of nitrogens with one attached hydrogen (secondary N) is 1. The lowest BCUT2D eigenvalue weighted by Gasteiger charge is -2.21. The highest BCUT2D eigenvalue weighted by Crippen LogP contribution is 2.32. The first kappa shape index (κ1) is 16.8. The number of aromatic nitrogens is 3. The van der Waals surface area contributed by atoms with Gasteiger partial charge in [0.15, 0.2) is 0 Å². The molecule has 0 atom stereocenters. The Morgan fingerprint density at radius 3 is 2.85 bits per heavy atom. The smallest absolute Gasteiger partial charge is 0.263 e. The van der Waals surface area contributed by atoms with Gasteiger partial charge in [-0.2, -0.15) is 0 Å². The van der Waals surface area contributed by atoms with Crippen molar-refractivity contribution in [1.82, 2.24) is 14.8 Å². The highest BCUT2D eigenvalue weighted by atomic mass is 16.3. The second kappa shape index (κ2) is 6.93. The molecule has 1 N–H and O–H groups in total. The van der Waals surface area contributed by atoms with Crippen LogP contribution in [0.15, 0.2) is 17.0 Å². The summed E-state index contributed by atoms with van der Waals surface area (Å²) in [4.78, 5) is 30.5. The predicted octanol–water partition coefficient (Wildman–Crippen LogP) is 2.93. The van der Waals surface area contributed by atoms with Crippen molar-refractivity contribution in [3.05, 3.63) is 23.9 Å². The Balaban J connectivity index is 1.52. The van der Waals surface area contributed by atoms with E-state index in [1.807, 2.05) is 4.68 Å². The van der Waals surface area contributed by atoms with Crippen LogP contribution < -0.4 is 10.2 Å². The fourth-order valence-corrected chi connectivity index (χ4v) is 3.81. The number of furan rings is 1. The summed E-state index contributed by atoms with van der Waals surface area (Å²) in [6.07, 6.45) is 10.8. The maximum atomic E-state index is 12.7. The fourth-order valence-electron chi connectivity index (χ4n) is 3.81. The molecule has 4 rings (SSSR count). The summed E-state index contributed by atoms with van der Waals surface area (Å²) in [5.41, 5.74) is 0.892. The van der Waals surface area contributed by atoms with Gasteiger partial charge in [0.2, 0.25) is 11.9 Å². The molecule has 0 radical (unpaired) electrons. The summed E-state index contributed by atoms with van der Waals surface area (Å²) < 4.78 is 7.39. The number of anilines is 2. The zero-order chi connectivity index (χ0) is 18.1. The standard InChI is InChI=1S/C18H23N5O3/c1-22-15(24)9-5-8-14-16(22)13(10-26-14)17(25)20-18-19-11-23(21-18)12-6-3-2-4-7-12/h10-12H,2-9H2,1H3,(H,20,21,25). The highest BCUT2D eigenvalue weighted by molar-refractivity contribution is 6.10. The van der Waals surface area contributed by atoms with Crippen LogP contribution in [0, 0.1) is 0 Å². The molecule has 2 aromatic heterocycles. The molecule has 0 saturated heterocycles. The van der Waals surface area contributed by atoms with E-state index < -0.39 is 0 Å². The predicted molar refractivity (Wildman–Crippen MR) is 95.2 cm³/mol. The van der Waals surface area contributed by atoms with Crippen molar-refractivity contribution in [2.24, 2.45) is 0 Å². The average Bonchev–Trinajstić information content (AvgIpc) is 3.26. The van der Waals surface area contributed by atoms with Crippen LogP contribution in [0.2, 0.25) is 0 Å². The van der Waals surface area contributed by atoms with E-state index in [1.165, 1.54) is 30.4 Å². The van der Waals surface area contributed by atoms with E-state index in [0.29, 0.717) is 35.9 Å². The van der Waals surface area contributed by atoms with Crippen LogP contribution in [0.5, 0.6) is 0 Å². The van der Waals surface area contributed by atoms with Gasteiger partial charge in [-0.15, -0.1) is 5.10 Å². The first-order valence-electron chi connectivity index (χ1n) is 9.23. The number of nitrogens with zero attached hydrogens (tertiary/aromatic N) is 4. The van der Waals surface area contributed by atoms with E-state index in [2.05, 4.69) is 15.4 Å². The molecule has 0 bridgehead atoms. The van der Waals surface area contributed by atoms with Crippen LogP contribution in [0.3, 0.4) is 0 Å². The van der Waals surface area contributed by atoms with E-state index >= 15 is 0 Å². The number of fused-ring (bicyclic) bond motifs is 1. The van der Waals surface area contributed by atoms with Gasteiger partial charge in [-0.25, -0.2) is 9.67 Å². The van der Waals surface area contributed by atoms with E-state index in [9.17, 15) is 9.59 Å². The molecule has 3 heterocycles. The third-order valence-electron chi connectivity index (χ3n) is 5.27. The molecule has 8 heteroatoms. The molecule has 138 valence electrons. The largest absolute Gasteiger partial charge is 0.466 e. The van der Waals surface area contributed by atoms with Crippen molar-refractivity contribution in [1.29, 1.82) is 0 Å². The summed E-state index contributed by atoms with van der Waals surface area (Å²) in [6.45, 7) is 0. The van der Waals surface area contributed by atoms with Gasteiger partial charge >= 0.3 is 0 Å². The van der Waals surface area contributed by atoms with Crippen LogP contribution in [0.4, 0.5) is 11.6 Å². The molecule has 2 amide bonds. The minimum absolute atomic E-state index is 0.0149. The zero-order valence-corrected chi connectivity index (χ0v) is 14.9. The monoisotopic (exact) mass is 357 g/mol. The van der Waals surface area contributed by atoms with Crippen LogP contribution in [0.25, 0.3) is 0 Å². The van der Waals surface area contributed by atoms with Crippen LogP contribution >= 0.6 is 0 Å². The molecule has 26 heavy (non-hydrogen) atoms. The van der Waals surface area contributed by atoms with Crippen molar-refractivity contribution >= 4 is 23.5 Å². The molecule has 2 aromatic rings. The SMILES string of the molecule is CN1C(=O)CCCc2occ(C(=O)Nc3ncn(C4CCCCC4)n3)c21. The highest BCUT2D eigenvalue weighted by Gasteiger charge is 2.28. The van der Waals surface area contributed by atoms with E-state index in [4.69, 9.17) is 4.42 Å². The quantitative estimate of drug-likeness (QED) is 0.911. The van der Waals surface area contributed by atoms with Gasteiger partial charge in [-0.05, 0) is 19.3 Å². The molecule has 0 spiro atoms. The number of amides is 2. The number of rotatable bonds is 3. The Bertz CT molecular complexity index is 819. The molecule has 8 nitrogen and oxygen atoms in total. The first-order valence-corrected chi connectivity index (χ1v) is 9.23. The topological polar surface area (TPSA) is 93.3 Å². The molecule has 2 aliphatic rings. The van der Waals surface area contributed by atoms with Crippen molar-refractivity contribution in [2.75, 3.05) is 17.3 Å². The second-order valence-electron chi connectivity index (χ2n) is 7.02. The maximum absolute atomic E-state index is 12.7. The van der Waals surface area contributed by atoms with Gasteiger partial charge in [-0.1, -0.05) is 19.3 Å². The number of carbonyl (C=O) groups is 2. The number of hydrogen-bond donors (Lipinski definition) is 1. The number of aryl methyl sites for hydroxylation is 1. The van der Waals surface area contributed by atoms with Gasteiger partial charge in [-0.3, -0.25) is 14.9 Å². The second-order valence-corrected chi connectivity index (χ2v) is 7.02. The summed E-state index contributed by atoms with van der Waals surface area (Å²) in [7, 11) is 1.68. The zero-order valence-electron chi connectivity index (χ0n) is 14.9. The molecule has 0 unspecified atom stereocenters. The summed E-state index contributed by atoms with van der Waals surface area (Å²) in [5.74, 6) is 0.569. The molecular weight excluding hydrogens is 334 g/mol. The Kier molecular flexibility index (Phi) is 4.48. The normalized spacial score (nSPS) is 18.5. The minimum Gasteiger partial charge on any atom is -0.466 e. The van der Waals surface area contributed by atoms with Crippen molar-refractivity contribution in [2.45, 2.75) is 57.4 Å². The Morgan fingerprint density at radius 1 is 1.23 bits per heavy atom. The van der Waals surface area contributed by atoms with Crippen LogP contribution in [-0.2, 0) is 11.2 Å². The van der Waals surface area contributed by atoms with Gasteiger partial charge in [0.25, 0.3) is 5.91 Å². The van der Waals surface area contributed by atoms with E-state index in [0.717, 1.165) is 19.3 Å². The third-order valence-corrected chi connectivity index (χ3v) is 5.27. The molecule has 1 fully saturated rings. The lowest BCUT2D eigenvalue weighted by molar-refractivity contribution is -0.118. The van der Waals surface area contributed by atoms with Crippen molar-refractivity contribution < 1.29 is 14.0 Å². The maximum Gasteiger partial charge on any atom is 0.263 e. The number of carbonyl (C=O) groups excluding carboxylic acids is 2. The minimum atomic E-state index is -0.363. The molecule has 1 aliphatic carbocycles. The lowest BCUT2D eigenvalue weighted by Crippen LogP contribution is -2.27. The van der Waals surface area contributed by atoms with Gasteiger partial charge in [0, 0.05) is 19.9 Å². The summed E-state index contributed by atoms with van der Waals surface area (Å²) in [6, 6.07) is 0.357. The van der Waals surface area contributed by atoms with Gasteiger partial charge < -0.3 is 9.32 Å². The lowest BCUT2D eigenvalue weighted by atomic mass is 9.96.